The van der Waals surface area contributed by atoms with Crippen LogP contribution in [0, 0.1) is 5.82 Å². The lowest BCUT2D eigenvalue weighted by Gasteiger charge is -1.96. The van der Waals surface area contributed by atoms with Gasteiger partial charge < -0.3 is 9.73 Å². The van der Waals surface area contributed by atoms with Gasteiger partial charge in [0.15, 0.2) is 0 Å². The zero-order valence-electron chi connectivity index (χ0n) is 8.90. The second-order valence-corrected chi connectivity index (χ2v) is 3.42. The second kappa shape index (κ2) is 4.85. The molecule has 0 aliphatic carbocycles. The van der Waals surface area contributed by atoms with E-state index in [2.05, 4.69) is 15.5 Å². The molecule has 16 heavy (non-hydrogen) atoms. The van der Waals surface area contributed by atoms with Gasteiger partial charge in [-0.3, -0.25) is 0 Å². The highest BCUT2D eigenvalue weighted by Crippen LogP contribution is 2.09. The minimum absolute atomic E-state index is 0.245. The number of halogens is 1. The highest BCUT2D eigenvalue weighted by molar-refractivity contribution is 5.18. The van der Waals surface area contributed by atoms with E-state index in [9.17, 15) is 4.39 Å². The van der Waals surface area contributed by atoms with Crippen LogP contribution in [0.2, 0.25) is 0 Å². The third-order valence-corrected chi connectivity index (χ3v) is 2.11. The predicted molar refractivity (Wildman–Crippen MR) is 56.3 cm³/mol. The molecule has 1 heterocycles. The third kappa shape index (κ3) is 2.64. The molecule has 1 aromatic carbocycles. The maximum absolute atomic E-state index is 12.7. The Hall–Kier alpha value is -1.75. The van der Waals surface area contributed by atoms with Crippen LogP contribution in [0.1, 0.15) is 17.3 Å². The molecule has 2 rings (SSSR count). The van der Waals surface area contributed by atoms with Crippen LogP contribution in [0.5, 0.6) is 0 Å². The van der Waals surface area contributed by atoms with E-state index < -0.39 is 0 Å². The summed E-state index contributed by atoms with van der Waals surface area (Å²) in [6.45, 7) is 0.552. The highest BCUT2D eigenvalue weighted by Gasteiger charge is 2.05. The minimum atomic E-state index is -0.245. The van der Waals surface area contributed by atoms with Crippen molar-refractivity contribution in [3.05, 3.63) is 47.4 Å². The highest BCUT2D eigenvalue weighted by atomic mass is 19.1. The lowest BCUT2D eigenvalue weighted by Crippen LogP contribution is -2.04. The van der Waals surface area contributed by atoms with Gasteiger partial charge >= 0.3 is 0 Å². The summed E-state index contributed by atoms with van der Waals surface area (Å²) < 4.78 is 18.1. The zero-order chi connectivity index (χ0) is 11.4. The lowest BCUT2D eigenvalue weighted by molar-refractivity contribution is 0.447. The third-order valence-electron chi connectivity index (χ3n) is 2.11. The fourth-order valence-corrected chi connectivity index (χ4v) is 1.36. The van der Waals surface area contributed by atoms with Crippen LogP contribution in [0.25, 0.3) is 0 Å². The molecular weight excluding hydrogens is 209 g/mol. The Morgan fingerprint density at radius 3 is 2.56 bits per heavy atom. The van der Waals surface area contributed by atoms with Gasteiger partial charge in [0.05, 0.1) is 13.0 Å². The molecule has 1 N–H and O–H groups in total. The molecule has 4 nitrogen and oxygen atoms in total. The number of nitrogens with one attached hydrogen (secondary N) is 1. The van der Waals surface area contributed by atoms with Crippen LogP contribution >= 0.6 is 0 Å². The number of hydrogen-bond donors (Lipinski definition) is 1. The molecule has 84 valence electrons. The Labute approximate surface area is 92.5 Å². The summed E-state index contributed by atoms with van der Waals surface area (Å²) in [5.41, 5.74) is 0.945. The smallest absolute Gasteiger partial charge is 0.230 e. The van der Waals surface area contributed by atoms with Crippen LogP contribution < -0.4 is 5.32 Å². The van der Waals surface area contributed by atoms with Gasteiger partial charge in [-0.2, -0.15) is 0 Å². The summed E-state index contributed by atoms with van der Waals surface area (Å²) in [7, 11) is 1.81. The first-order valence-electron chi connectivity index (χ1n) is 4.98. The average Bonchev–Trinajstić information content (AvgIpc) is 2.70. The van der Waals surface area contributed by atoms with Gasteiger partial charge in [-0.25, -0.2) is 4.39 Å². The normalized spacial score (nSPS) is 10.6. The Morgan fingerprint density at radius 1 is 1.19 bits per heavy atom. The van der Waals surface area contributed by atoms with Crippen LogP contribution in [0.15, 0.2) is 28.7 Å². The zero-order valence-corrected chi connectivity index (χ0v) is 8.90. The van der Waals surface area contributed by atoms with Crippen LogP contribution in [-0.2, 0) is 13.0 Å². The standard InChI is InChI=1S/C11H12FN3O/c1-13-7-11-15-14-10(16-11)6-8-2-4-9(12)5-3-8/h2-5,13H,6-7H2,1H3. The van der Waals surface area contributed by atoms with Gasteiger partial charge in [0, 0.05) is 0 Å². The number of benzene rings is 1. The molecule has 0 radical (unpaired) electrons. The number of nitrogens with zero attached hydrogens (tertiary/aromatic N) is 2. The van der Waals surface area contributed by atoms with Gasteiger partial charge in [0.1, 0.15) is 5.82 Å². The van der Waals surface area contributed by atoms with E-state index in [0.717, 1.165) is 5.56 Å². The minimum Gasteiger partial charge on any atom is -0.424 e. The molecule has 2 aromatic rings. The Bertz CT molecular complexity index is 453. The molecule has 0 spiro atoms. The summed E-state index contributed by atoms with van der Waals surface area (Å²) in [6.07, 6.45) is 0.525. The molecular formula is C11H12FN3O. The number of aromatic nitrogens is 2. The molecule has 0 saturated heterocycles. The van der Waals surface area contributed by atoms with Crippen molar-refractivity contribution in [3.8, 4) is 0 Å². The maximum atomic E-state index is 12.7. The van der Waals surface area contributed by atoms with Gasteiger partial charge in [-0.05, 0) is 24.7 Å². The van der Waals surface area contributed by atoms with Crippen LogP contribution in [0.4, 0.5) is 4.39 Å². The van der Waals surface area contributed by atoms with Crippen molar-refractivity contribution in [2.45, 2.75) is 13.0 Å². The topological polar surface area (TPSA) is 51.0 Å². The van der Waals surface area contributed by atoms with Crippen molar-refractivity contribution in [2.24, 2.45) is 0 Å². The van der Waals surface area contributed by atoms with Gasteiger partial charge in [-0.15, -0.1) is 10.2 Å². The van der Waals surface area contributed by atoms with E-state index in [0.29, 0.717) is 24.7 Å². The Morgan fingerprint density at radius 2 is 1.88 bits per heavy atom. The molecule has 0 saturated carbocycles. The monoisotopic (exact) mass is 221 g/mol. The van der Waals surface area contributed by atoms with E-state index >= 15 is 0 Å². The quantitative estimate of drug-likeness (QED) is 0.850. The molecule has 1 aromatic heterocycles. The lowest BCUT2D eigenvalue weighted by atomic mass is 10.1. The van der Waals surface area contributed by atoms with E-state index in [1.54, 1.807) is 12.1 Å². The summed E-state index contributed by atoms with van der Waals surface area (Å²) in [5.74, 6) is 0.849. The molecule has 0 aliphatic heterocycles. The van der Waals surface area contributed by atoms with Gasteiger partial charge in [0.2, 0.25) is 11.8 Å². The van der Waals surface area contributed by atoms with E-state index in [1.165, 1.54) is 12.1 Å². The first-order valence-corrected chi connectivity index (χ1v) is 4.98. The molecule has 0 bridgehead atoms. The Kier molecular flexibility index (Phi) is 3.26. The van der Waals surface area contributed by atoms with E-state index in [1.807, 2.05) is 7.05 Å². The van der Waals surface area contributed by atoms with Gasteiger partial charge in [-0.1, -0.05) is 12.1 Å². The SMILES string of the molecule is CNCc1nnc(Cc2ccc(F)cc2)o1. The molecule has 0 unspecified atom stereocenters. The molecule has 5 heteroatoms. The number of rotatable bonds is 4. The van der Waals surface area contributed by atoms with Crippen molar-refractivity contribution >= 4 is 0 Å². The van der Waals surface area contributed by atoms with Gasteiger partial charge in [0.25, 0.3) is 0 Å². The first kappa shape index (κ1) is 10.8. The molecule has 0 amide bonds. The first-order chi connectivity index (χ1) is 7.78. The largest absolute Gasteiger partial charge is 0.424 e. The predicted octanol–water partition coefficient (Wildman–Crippen LogP) is 1.52. The second-order valence-electron chi connectivity index (χ2n) is 3.42. The fraction of sp³-hybridized carbons (Fsp3) is 0.273. The van der Waals surface area contributed by atoms with Crippen molar-refractivity contribution in [1.29, 1.82) is 0 Å². The van der Waals surface area contributed by atoms with Crippen LogP contribution in [-0.4, -0.2) is 17.2 Å². The summed E-state index contributed by atoms with van der Waals surface area (Å²) in [5, 5.41) is 10.7. The van der Waals surface area contributed by atoms with Crippen molar-refractivity contribution in [1.82, 2.24) is 15.5 Å². The fourth-order valence-electron chi connectivity index (χ4n) is 1.36. The van der Waals surface area contributed by atoms with Crippen molar-refractivity contribution in [3.63, 3.8) is 0 Å². The summed E-state index contributed by atoms with van der Waals surface area (Å²) in [4.78, 5) is 0. The van der Waals surface area contributed by atoms with E-state index in [-0.39, 0.29) is 5.82 Å². The van der Waals surface area contributed by atoms with Crippen LogP contribution in [0.3, 0.4) is 0 Å². The summed E-state index contributed by atoms with van der Waals surface area (Å²) >= 11 is 0. The maximum Gasteiger partial charge on any atom is 0.230 e. The van der Waals surface area contributed by atoms with Crippen molar-refractivity contribution in [2.75, 3.05) is 7.05 Å². The molecule has 0 atom stereocenters. The Balaban J connectivity index is 2.05. The summed E-state index contributed by atoms with van der Waals surface area (Å²) in [6, 6.07) is 6.25. The van der Waals surface area contributed by atoms with Crippen molar-refractivity contribution < 1.29 is 8.81 Å². The molecule has 0 fully saturated rings. The average molecular weight is 221 g/mol. The number of hydrogen-bond acceptors (Lipinski definition) is 4. The molecule has 0 aliphatic rings. The van der Waals surface area contributed by atoms with E-state index in [4.69, 9.17) is 4.42 Å².